The summed E-state index contributed by atoms with van der Waals surface area (Å²) < 4.78 is 6.11. The molecule has 6 aliphatic rings. The molecule has 3 heterocycles. The number of aliphatic hydroxyl groups is 2. The van der Waals surface area contributed by atoms with Gasteiger partial charge in [0.1, 0.15) is 23.9 Å². The molecule has 3 aliphatic carbocycles. The Morgan fingerprint density at radius 2 is 1.86 bits per heavy atom. The van der Waals surface area contributed by atoms with Gasteiger partial charge in [0.05, 0.1) is 32.5 Å². The molecule has 3 saturated carbocycles. The van der Waals surface area contributed by atoms with E-state index in [2.05, 4.69) is 36.7 Å². The lowest BCUT2D eigenvalue weighted by atomic mass is 9.45. The summed E-state index contributed by atoms with van der Waals surface area (Å²) in [5.74, 6) is 0.791. The highest BCUT2D eigenvalue weighted by atomic mass is 16.7. The highest BCUT2D eigenvalue weighted by Gasteiger charge is 2.57. The van der Waals surface area contributed by atoms with Gasteiger partial charge in [0.15, 0.2) is 0 Å². The van der Waals surface area contributed by atoms with E-state index in [0.717, 1.165) is 61.0 Å². The Hall–Kier alpha value is -3.75. The Balaban J connectivity index is 1.15. The van der Waals surface area contributed by atoms with Crippen LogP contribution in [0.1, 0.15) is 88.6 Å². The van der Waals surface area contributed by atoms with Crippen molar-refractivity contribution in [3.63, 3.8) is 0 Å². The van der Waals surface area contributed by atoms with Gasteiger partial charge in [0, 0.05) is 55.0 Å². The van der Waals surface area contributed by atoms with Crippen LogP contribution in [0.4, 0.5) is 5.69 Å². The number of hydrogen-bond acceptors (Lipinski definition) is 10. The van der Waals surface area contributed by atoms with Gasteiger partial charge in [0.2, 0.25) is 11.8 Å². The lowest BCUT2D eigenvalue weighted by Crippen LogP contribution is -2.62. The first-order valence-corrected chi connectivity index (χ1v) is 21.1. The summed E-state index contributed by atoms with van der Waals surface area (Å²) in [7, 11) is 5.45. The van der Waals surface area contributed by atoms with E-state index in [9.17, 15) is 24.6 Å². The first-order chi connectivity index (χ1) is 27.2. The Kier molecular flexibility index (Phi) is 12.2. The fourth-order valence-corrected chi connectivity index (χ4v) is 10.7. The third kappa shape index (κ3) is 8.02. The van der Waals surface area contributed by atoms with Crippen molar-refractivity contribution in [2.45, 2.75) is 116 Å². The molecule has 3 aliphatic heterocycles. The van der Waals surface area contributed by atoms with Crippen LogP contribution in [-0.2, 0) is 21.0 Å². The fourth-order valence-electron chi connectivity index (χ4n) is 10.7. The number of carbonyl (C=O) groups excluding carboxylic acids is 3. The Labute approximate surface area is 337 Å². The Morgan fingerprint density at radius 3 is 2.51 bits per heavy atom. The van der Waals surface area contributed by atoms with Gasteiger partial charge in [-0.05, 0) is 105 Å². The molecule has 10 atom stereocenters. The molecule has 0 radical (unpaired) electrons. The third-order valence-corrected chi connectivity index (χ3v) is 14.1. The fraction of sp³-hybridized carbons (Fsp3) is 0.659. The molecule has 13 heteroatoms. The molecule has 57 heavy (non-hydrogen) atoms. The van der Waals surface area contributed by atoms with Crippen LogP contribution < -0.4 is 25.6 Å². The van der Waals surface area contributed by atoms with Crippen molar-refractivity contribution in [2.24, 2.45) is 29.1 Å². The van der Waals surface area contributed by atoms with Crippen molar-refractivity contribution in [1.82, 2.24) is 25.9 Å². The molecule has 2 aromatic carbocycles. The van der Waals surface area contributed by atoms with Gasteiger partial charge in [-0.15, -0.1) is 0 Å². The van der Waals surface area contributed by atoms with Crippen LogP contribution in [0.3, 0.4) is 0 Å². The van der Waals surface area contributed by atoms with Gasteiger partial charge >= 0.3 is 0 Å². The van der Waals surface area contributed by atoms with E-state index in [-0.39, 0.29) is 48.5 Å². The van der Waals surface area contributed by atoms with E-state index in [1.54, 1.807) is 24.0 Å². The summed E-state index contributed by atoms with van der Waals surface area (Å²) in [6, 6.07) is 10.1. The molecule has 5 N–H and O–H groups in total. The van der Waals surface area contributed by atoms with Crippen molar-refractivity contribution in [2.75, 3.05) is 45.8 Å². The first-order valence-electron chi connectivity index (χ1n) is 21.1. The number of anilines is 1. The monoisotopic (exact) mass is 788 g/mol. The van der Waals surface area contributed by atoms with Crippen molar-refractivity contribution in [1.29, 1.82) is 0 Å². The predicted molar refractivity (Wildman–Crippen MR) is 218 cm³/mol. The largest absolute Gasteiger partial charge is 0.496 e. The van der Waals surface area contributed by atoms with Gasteiger partial charge in [-0.3, -0.25) is 24.5 Å². The SMILES string of the molecule is COc1c(CN2O[C@@H](CO)[C@@H]([C@H](C)O)[C@H]2C(=O)N[C@H]2C[C@H]3C[C@@H]([C@@H]2C)C3(C)C)cccc1-c1cc(C(=O)N2CCC[C@H]2C(=O)NC2CCCCN2)cc(N(C)C)c1. The van der Waals surface area contributed by atoms with Crippen LogP contribution in [0, 0.1) is 29.1 Å². The number of hydroxylamine groups is 2. The second-order valence-electron chi connectivity index (χ2n) is 18.1. The number of carbonyl (C=O) groups is 3. The van der Waals surface area contributed by atoms with Gasteiger partial charge in [0.25, 0.3) is 5.91 Å². The molecular weight excluding hydrogens is 725 g/mol. The number of nitrogens with one attached hydrogen (secondary N) is 3. The predicted octanol–water partition coefficient (Wildman–Crippen LogP) is 3.91. The zero-order valence-electron chi connectivity index (χ0n) is 34.8. The standard InChI is InChI=1S/C44H64N6O7/c1-25-33-21-30(44(33,3)4)22-34(25)46-42(54)39-38(26(2)52)36(24-51)57-50(39)23-27-12-10-13-32(40(27)56-7)28-18-29(20-31(19-28)48(5)6)43(55)49-17-11-14-35(49)41(53)47-37-15-8-9-16-45-37/h10,12-13,18-20,25-26,30,33-39,45,51-52H,8-9,11,14-17,21-24H2,1-7H3,(H,46,54)(H,47,53)/t25-,26-,30+,33-,34-,35-,36-,37?,38+,39-/m0/s1. The smallest absolute Gasteiger partial charge is 0.254 e. The highest BCUT2D eigenvalue weighted by molar-refractivity contribution is 6.00. The molecule has 6 fully saturated rings. The van der Waals surface area contributed by atoms with E-state index in [0.29, 0.717) is 42.0 Å². The average molecular weight is 789 g/mol. The molecule has 1 unspecified atom stereocenters. The number of aliphatic hydroxyl groups excluding tert-OH is 2. The molecular formula is C44H64N6O7. The zero-order valence-corrected chi connectivity index (χ0v) is 34.8. The van der Waals surface area contributed by atoms with Crippen LogP contribution in [0.25, 0.3) is 11.1 Å². The maximum atomic E-state index is 14.3. The summed E-state index contributed by atoms with van der Waals surface area (Å²) in [5, 5.41) is 32.8. The molecule has 13 nitrogen and oxygen atoms in total. The van der Waals surface area contributed by atoms with Crippen molar-refractivity contribution in [3.05, 3.63) is 47.5 Å². The van der Waals surface area contributed by atoms with E-state index < -0.39 is 30.2 Å². The molecule has 312 valence electrons. The summed E-state index contributed by atoms with van der Waals surface area (Å²) >= 11 is 0. The number of benzene rings is 2. The van der Waals surface area contributed by atoms with E-state index in [4.69, 9.17) is 9.57 Å². The zero-order chi connectivity index (χ0) is 40.8. The van der Waals surface area contributed by atoms with Crippen LogP contribution in [0.2, 0.25) is 0 Å². The van der Waals surface area contributed by atoms with Gasteiger partial charge in [-0.25, -0.2) is 0 Å². The van der Waals surface area contributed by atoms with E-state index >= 15 is 0 Å². The average Bonchev–Trinajstić information content (AvgIpc) is 3.84. The van der Waals surface area contributed by atoms with Gasteiger partial charge < -0.3 is 35.4 Å². The van der Waals surface area contributed by atoms with Crippen LogP contribution in [-0.4, -0.2) is 115 Å². The number of amides is 3. The molecule has 3 amide bonds. The number of methoxy groups -OCH3 is 1. The number of hydrogen-bond donors (Lipinski definition) is 5. The highest BCUT2D eigenvalue weighted by Crippen LogP contribution is 2.61. The molecule has 0 spiro atoms. The molecule has 0 aromatic heterocycles. The number of nitrogens with zero attached hydrogens (tertiary/aromatic N) is 3. The molecule has 2 bridgehead atoms. The number of fused-ring (bicyclic) bond motifs is 2. The van der Waals surface area contributed by atoms with Crippen molar-refractivity contribution < 1.29 is 34.2 Å². The number of para-hydroxylation sites is 1. The Bertz CT molecular complexity index is 1800. The second-order valence-corrected chi connectivity index (χ2v) is 18.1. The van der Waals surface area contributed by atoms with E-state index in [1.807, 2.05) is 55.4 Å². The maximum Gasteiger partial charge on any atom is 0.254 e. The minimum absolute atomic E-state index is 0.0248. The summed E-state index contributed by atoms with van der Waals surface area (Å²) in [4.78, 5) is 52.0. The Morgan fingerprint density at radius 1 is 1.07 bits per heavy atom. The topological polar surface area (TPSA) is 156 Å². The van der Waals surface area contributed by atoms with E-state index in [1.165, 1.54) is 6.42 Å². The lowest BCUT2D eigenvalue weighted by Gasteiger charge is -2.62. The first kappa shape index (κ1) is 41.4. The van der Waals surface area contributed by atoms with Crippen molar-refractivity contribution >= 4 is 23.4 Å². The third-order valence-electron chi connectivity index (χ3n) is 14.1. The van der Waals surface area contributed by atoms with Crippen molar-refractivity contribution in [3.8, 4) is 16.9 Å². The second kappa shape index (κ2) is 16.8. The van der Waals surface area contributed by atoms with Crippen LogP contribution in [0.15, 0.2) is 36.4 Å². The quantitative estimate of drug-likeness (QED) is 0.214. The number of rotatable bonds is 12. The summed E-state index contributed by atoms with van der Waals surface area (Å²) in [5.41, 5.74) is 3.81. The molecule has 3 saturated heterocycles. The summed E-state index contributed by atoms with van der Waals surface area (Å²) in [6.07, 6.45) is 4.75. The lowest BCUT2D eigenvalue weighted by molar-refractivity contribution is -0.183. The molecule has 8 rings (SSSR count). The molecule has 2 aromatic rings. The van der Waals surface area contributed by atoms with Gasteiger partial charge in [-0.1, -0.05) is 39.0 Å². The summed E-state index contributed by atoms with van der Waals surface area (Å²) in [6.45, 7) is 9.71. The maximum absolute atomic E-state index is 14.3. The normalized spacial score (nSPS) is 31.3. The van der Waals surface area contributed by atoms with Gasteiger partial charge in [-0.2, -0.15) is 5.06 Å². The number of likely N-dealkylation sites (tertiary alicyclic amines) is 1. The number of ether oxygens (including phenoxy) is 1. The number of piperidine rings is 1. The van der Waals surface area contributed by atoms with Crippen LogP contribution >= 0.6 is 0 Å². The van der Waals surface area contributed by atoms with Crippen LogP contribution in [0.5, 0.6) is 5.75 Å². The minimum atomic E-state index is -0.915. The minimum Gasteiger partial charge on any atom is -0.496 e.